The Bertz CT molecular complexity index is 990. The van der Waals surface area contributed by atoms with Crippen LogP contribution in [0.5, 0.6) is 5.75 Å². The molecule has 2 aromatic carbocycles. The molecule has 31 heavy (non-hydrogen) atoms. The second kappa shape index (κ2) is 9.75. The van der Waals surface area contributed by atoms with Gasteiger partial charge in [0.2, 0.25) is 11.8 Å². The monoisotopic (exact) mass is 424 g/mol. The molecule has 162 valence electrons. The molecule has 2 aromatic rings. The first-order chi connectivity index (χ1) is 14.8. The molecule has 1 heterocycles. The number of nitrogens with zero attached hydrogens (tertiary/aromatic N) is 1. The largest absolute Gasteiger partial charge is 0.479 e. The number of para-hydroxylation sites is 2. The molecule has 1 unspecified atom stereocenters. The summed E-state index contributed by atoms with van der Waals surface area (Å²) in [6.07, 6.45) is -0.461. The van der Waals surface area contributed by atoms with Gasteiger partial charge in [0.15, 0.2) is 6.10 Å². The Morgan fingerprint density at radius 3 is 2.48 bits per heavy atom. The van der Waals surface area contributed by atoms with Crippen LogP contribution >= 0.6 is 0 Å². The molecule has 0 aromatic heterocycles. The summed E-state index contributed by atoms with van der Waals surface area (Å²) in [6.45, 7) is 1.98. The molecule has 1 atom stereocenters. The third kappa shape index (κ3) is 5.59. The average Bonchev–Trinajstić information content (AvgIpc) is 2.76. The minimum Gasteiger partial charge on any atom is -0.479 e. The Morgan fingerprint density at radius 1 is 1.06 bits per heavy atom. The zero-order valence-electron chi connectivity index (χ0n) is 17.1. The van der Waals surface area contributed by atoms with Crippen LogP contribution in [0, 0.1) is 0 Å². The Morgan fingerprint density at radius 2 is 1.77 bits per heavy atom. The van der Waals surface area contributed by atoms with E-state index in [0.717, 1.165) is 5.56 Å². The molecule has 9 heteroatoms. The number of hydrogen-bond acceptors (Lipinski definition) is 5. The lowest BCUT2D eigenvalue weighted by Crippen LogP contribution is -2.45. The first-order valence-electron chi connectivity index (χ1n) is 9.84. The number of amides is 4. The van der Waals surface area contributed by atoms with Crippen molar-refractivity contribution >= 4 is 29.3 Å². The summed E-state index contributed by atoms with van der Waals surface area (Å²) in [5.74, 6) is -0.789. The van der Waals surface area contributed by atoms with Crippen molar-refractivity contribution in [2.24, 2.45) is 5.73 Å². The number of nitrogens with one attached hydrogen (secondary N) is 2. The number of primary amides is 1. The third-order valence-corrected chi connectivity index (χ3v) is 4.77. The van der Waals surface area contributed by atoms with Crippen LogP contribution in [0.15, 0.2) is 48.5 Å². The maximum absolute atomic E-state index is 12.5. The first kappa shape index (κ1) is 21.8. The van der Waals surface area contributed by atoms with Crippen molar-refractivity contribution in [3.05, 3.63) is 59.7 Å². The van der Waals surface area contributed by atoms with Crippen LogP contribution in [0.1, 0.15) is 29.3 Å². The summed E-state index contributed by atoms with van der Waals surface area (Å²) >= 11 is 0. The normalized spacial score (nSPS) is 14.9. The Balaban J connectivity index is 1.50. The first-order valence-corrected chi connectivity index (χ1v) is 9.84. The molecule has 1 aliphatic heterocycles. The van der Waals surface area contributed by atoms with Crippen LogP contribution in [0.4, 0.5) is 5.69 Å². The van der Waals surface area contributed by atoms with E-state index in [4.69, 9.17) is 10.5 Å². The molecule has 0 bridgehead atoms. The molecule has 0 saturated carbocycles. The predicted octanol–water partition coefficient (Wildman–Crippen LogP) is 0.722. The fourth-order valence-corrected chi connectivity index (χ4v) is 3.14. The van der Waals surface area contributed by atoms with Crippen LogP contribution in [0.2, 0.25) is 0 Å². The second-order valence-corrected chi connectivity index (χ2v) is 7.09. The van der Waals surface area contributed by atoms with Gasteiger partial charge >= 0.3 is 0 Å². The van der Waals surface area contributed by atoms with Gasteiger partial charge in [0, 0.05) is 25.1 Å². The van der Waals surface area contributed by atoms with Crippen molar-refractivity contribution in [1.82, 2.24) is 10.6 Å². The number of hydrogen-bond donors (Lipinski definition) is 3. The molecule has 0 fully saturated rings. The molecule has 0 saturated heterocycles. The molecule has 0 spiro atoms. The maximum atomic E-state index is 12.5. The zero-order valence-corrected chi connectivity index (χ0v) is 17.1. The highest BCUT2D eigenvalue weighted by Gasteiger charge is 2.31. The summed E-state index contributed by atoms with van der Waals surface area (Å²) in [5, 5.41) is 5.21. The van der Waals surface area contributed by atoms with Crippen LogP contribution in [0.25, 0.3) is 0 Å². The van der Waals surface area contributed by atoms with Gasteiger partial charge in [-0.15, -0.1) is 0 Å². The zero-order chi connectivity index (χ0) is 22.4. The topological polar surface area (TPSA) is 131 Å². The lowest BCUT2D eigenvalue weighted by atomic mass is 10.1. The number of rotatable bonds is 8. The Hall–Kier alpha value is -3.88. The molecule has 3 rings (SSSR count). The average molecular weight is 424 g/mol. The minimum atomic E-state index is -0.621. The van der Waals surface area contributed by atoms with Crippen LogP contribution in [-0.2, 0) is 20.9 Å². The minimum absolute atomic E-state index is 0.139. The molecule has 9 nitrogen and oxygen atoms in total. The number of anilines is 1. The molecule has 4 amide bonds. The summed E-state index contributed by atoms with van der Waals surface area (Å²) in [7, 11) is 0. The molecule has 4 N–H and O–H groups in total. The SMILES string of the molecule is CC1Oc2ccccc2N(CCC(=O)NCc2ccc(C(=O)NCC(N)=O)cc2)C1=O. The lowest BCUT2D eigenvalue weighted by Gasteiger charge is -2.32. The van der Waals surface area contributed by atoms with Gasteiger partial charge in [-0.05, 0) is 36.8 Å². The fraction of sp³-hybridized carbons (Fsp3) is 0.273. The van der Waals surface area contributed by atoms with Crippen molar-refractivity contribution < 1.29 is 23.9 Å². The van der Waals surface area contributed by atoms with E-state index in [1.54, 1.807) is 48.2 Å². The van der Waals surface area contributed by atoms with Gasteiger partial charge in [-0.3, -0.25) is 19.2 Å². The Labute approximate surface area is 179 Å². The van der Waals surface area contributed by atoms with Gasteiger partial charge in [0.1, 0.15) is 5.75 Å². The number of nitrogens with two attached hydrogens (primary N) is 1. The fourth-order valence-electron chi connectivity index (χ4n) is 3.14. The highest BCUT2D eigenvalue weighted by molar-refractivity contribution is 6.00. The number of carbonyl (C=O) groups excluding carboxylic acids is 4. The van der Waals surface area contributed by atoms with Gasteiger partial charge in [0.25, 0.3) is 11.8 Å². The van der Waals surface area contributed by atoms with E-state index in [1.807, 2.05) is 12.1 Å². The van der Waals surface area contributed by atoms with E-state index < -0.39 is 17.9 Å². The van der Waals surface area contributed by atoms with Crippen LogP contribution < -0.4 is 26.0 Å². The van der Waals surface area contributed by atoms with Crippen LogP contribution in [0.3, 0.4) is 0 Å². The highest BCUT2D eigenvalue weighted by atomic mass is 16.5. The summed E-state index contributed by atoms with van der Waals surface area (Å²) in [6, 6.07) is 13.9. The smallest absolute Gasteiger partial charge is 0.267 e. The van der Waals surface area contributed by atoms with E-state index >= 15 is 0 Å². The lowest BCUT2D eigenvalue weighted by molar-refractivity contribution is -0.125. The van der Waals surface area contributed by atoms with Crippen molar-refractivity contribution in [3.8, 4) is 5.75 Å². The molecular weight excluding hydrogens is 400 g/mol. The molecular formula is C22H24N4O5. The summed E-state index contributed by atoms with van der Waals surface area (Å²) < 4.78 is 5.60. The van der Waals surface area contributed by atoms with E-state index in [0.29, 0.717) is 17.0 Å². The molecule has 0 radical (unpaired) electrons. The number of carbonyl (C=O) groups is 4. The standard InChI is InChI=1S/C22H24N4O5/c1-14-22(30)26(17-4-2-3-5-18(17)31-14)11-10-20(28)24-12-15-6-8-16(9-7-15)21(29)25-13-19(23)27/h2-9,14H,10-13H2,1H3,(H2,23,27)(H,24,28)(H,25,29). The van der Waals surface area contributed by atoms with E-state index in [9.17, 15) is 19.2 Å². The van der Waals surface area contributed by atoms with E-state index in [2.05, 4.69) is 10.6 Å². The highest BCUT2D eigenvalue weighted by Crippen LogP contribution is 2.33. The maximum Gasteiger partial charge on any atom is 0.267 e. The number of fused-ring (bicyclic) bond motifs is 1. The number of ether oxygens (including phenoxy) is 1. The van der Waals surface area contributed by atoms with Gasteiger partial charge in [-0.2, -0.15) is 0 Å². The van der Waals surface area contributed by atoms with Crippen molar-refractivity contribution in [2.75, 3.05) is 18.0 Å². The van der Waals surface area contributed by atoms with Gasteiger partial charge in [-0.25, -0.2) is 0 Å². The second-order valence-electron chi connectivity index (χ2n) is 7.09. The summed E-state index contributed by atoms with van der Waals surface area (Å²) in [5.41, 5.74) is 6.85. The summed E-state index contributed by atoms with van der Waals surface area (Å²) in [4.78, 5) is 48.9. The predicted molar refractivity (Wildman–Crippen MR) is 113 cm³/mol. The molecule has 1 aliphatic rings. The van der Waals surface area contributed by atoms with Gasteiger partial charge in [-0.1, -0.05) is 24.3 Å². The van der Waals surface area contributed by atoms with Crippen LogP contribution in [-0.4, -0.2) is 42.8 Å². The number of benzene rings is 2. The van der Waals surface area contributed by atoms with Crippen molar-refractivity contribution in [1.29, 1.82) is 0 Å². The molecule has 0 aliphatic carbocycles. The van der Waals surface area contributed by atoms with Crippen molar-refractivity contribution in [2.45, 2.75) is 26.0 Å². The van der Waals surface area contributed by atoms with E-state index in [1.165, 1.54) is 0 Å². The van der Waals surface area contributed by atoms with Crippen molar-refractivity contribution in [3.63, 3.8) is 0 Å². The third-order valence-electron chi connectivity index (χ3n) is 4.77. The Kier molecular flexibility index (Phi) is 6.86. The van der Waals surface area contributed by atoms with Gasteiger partial charge < -0.3 is 26.0 Å². The van der Waals surface area contributed by atoms with E-state index in [-0.39, 0.29) is 37.9 Å². The van der Waals surface area contributed by atoms with Gasteiger partial charge in [0.05, 0.1) is 12.2 Å². The quantitative estimate of drug-likeness (QED) is 0.575.